The average molecular weight is 453 g/mol. The largest absolute Gasteiger partial charge is 0.385 e. The molecule has 2 nitrogen and oxygen atoms in total. The molecule has 0 amide bonds. The molecule has 3 aromatic rings. The Morgan fingerprint density at radius 3 is 1.50 bits per heavy atom. The molecule has 3 aromatic carbocycles. The fourth-order valence-electron chi connectivity index (χ4n) is 3.77. The van der Waals surface area contributed by atoms with Crippen molar-refractivity contribution in [3.05, 3.63) is 93.5 Å². The molecule has 0 radical (unpaired) electrons. The van der Waals surface area contributed by atoms with Crippen LogP contribution in [0.4, 0.5) is 11.4 Å². The first kappa shape index (κ1) is 27.6. The van der Waals surface area contributed by atoms with Gasteiger partial charge < -0.3 is 10.6 Å². The second-order valence-corrected chi connectivity index (χ2v) is 7.57. The van der Waals surface area contributed by atoms with Gasteiger partial charge in [-0.2, -0.15) is 0 Å². The molecule has 0 fully saturated rings. The van der Waals surface area contributed by atoms with Gasteiger partial charge in [-0.25, -0.2) is 0 Å². The van der Waals surface area contributed by atoms with Gasteiger partial charge in [0.05, 0.1) is 0 Å². The maximum atomic E-state index is 6.64. The fraction of sp³-hybridized carbons (Fsp3) is 0.379. The number of benzene rings is 3. The standard InChI is InChI=1S/C25H29ClN2.2C2H6/c1-5-27-23-13-11-19(15-17(23)3)25(21-9-7-8-10-22(21)26)20-12-14-24(28-6-2)18(4)16-20;2*1-2/h7-16,25,27-28H,5-6H2,1-4H3;2*1-2H3. The first-order valence-electron chi connectivity index (χ1n) is 12.0. The van der Waals surface area contributed by atoms with Crippen LogP contribution in [0.1, 0.15) is 75.3 Å². The second kappa shape index (κ2) is 14.6. The highest BCUT2D eigenvalue weighted by atomic mass is 35.5. The molecule has 0 aliphatic heterocycles. The quantitative estimate of drug-likeness (QED) is 0.349. The van der Waals surface area contributed by atoms with Gasteiger partial charge in [0.2, 0.25) is 0 Å². The van der Waals surface area contributed by atoms with E-state index in [0.29, 0.717) is 0 Å². The Balaban J connectivity index is 0.00000121. The lowest BCUT2D eigenvalue weighted by Crippen LogP contribution is -2.07. The van der Waals surface area contributed by atoms with Gasteiger partial charge in [0.1, 0.15) is 0 Å². The molecule has 0 aliphatic rings. The van der Waals surface area contributed by atoms with Gasteiger partial charge in [-0.1, -0.05) is 81.8 Å². The third-order valence-corrected chi connectivity index (χ3v) is 5.46. The third-order valence-electron chi connectivity index (χ3n) is 5.12. The van der Waals surface area contributed by atoms with E-state index in [1.807, 2.05) is 39.8 Å². The Kier molecular flexibility index (Phi) is 12.6. The molecule has 174 valence electrons. The lowest BCUT2D eigenvalue weighted by Gasteiger charge is -2.22. The summed E-state index contributed by atoms with van der Waals surface area (Å²) in [5.74, 6) is 0.0949. The number of nitrogens with one attached hydrogen (secondary N) is 2. The van der Waals surface area contributed by atoms with Crippen molar-refractivity contribution < 1.29 is 0 Å². The first-order chi connectivity index (χ1) is 15.5. The van der Waals surface area contributed by atoms with Crippen LogP contribution in [-0.4, -0.2) is 13.1 Å². The molecular formula is C29H41ClN2. The molecule has 3 heteroatoms. The summed E-state index contributed by atoms with van der Waals surface area (Å²) in [5, 5.41) is 7.66. The van der Waals surface area contributed by atoms with Crippen LogP contribution >= 0.6 is 11.6 Å². The minimum Gasteiger partial charge on any atom is -0.385 e. The molecule has 0 aliphatic carbocycles. The lowest BCUT2D eigenvalue weighted by molar-refractivity contribution is 0.970. The minimum atomic E-state index is 0.0949. The summed E-state index contributed by atoms with van der Waals surface area (Å²) in [7, 11) is 0. The molecule has 0 bridgehead atoms. The van der Waals surface area contributed by atoms with Crippen molar-refractivity contribution >= 4 is 23.0 Å². The summed E-state index contributed by atoms with van der Waals surface area (Å²) in [6.45, 7) is 18.4. The van der Waals surface area contributed by atoms with Gasteiger partial charge in [0, 0.05) is 35.4 Å². The van der Waals surface area contributed by atoms with E-state index in [1.165, 1.54) is 33.6 Å². The van der Waals surface area contributed by atoms with Crippen molar-refractivity contribution in [3.63, 3.8) is 0 Å². The van der Waals surface area contributed by atoms with Crippen molar-refractivity contribution in [1.29, 1.82) is 0 Å². The molecule has 3 rings (SSSR count). The molecule has 0 saturated heterocycles. The Hall–Kier alpha value is -2.45. The highest BCUT2D eigenvalue weighted by Crippen LogP contribution is 2.38. The zero-order chi connectivity index (χ0) is 24.1. The van der Waals surface area contributed by atoms with Crippen LogP contribution < -0.4 is 10.6 Å². The molecule has 0 spiro atoms. The van der Waals surface area contributed by atoms with Gasteiger partial charge in [-0.15, -0.1) is 0 Å². The molecular weight excluding hydrogens is 412 g/mol. The first-order valence-corrected chi connectivity index (χ1v) is 12.4. The van der Waals surface area contributed by atoms with Crippen molar-refractivity contribution in [2.75, 3.05) is 23.7 Å². The average Bonchev–Trinajstić information content (AvgIpc) is 2.82. The van der Waals surface area contributed by atoms with Crippen molar-refractivity contribution in [1.82, 2.24) is 0 Å². The topological polar surface area (TPSA) is 24.1 Å². The van der Waals surface area contributed by atoms with Crippen molar-refractivity contribution in [2.24, 2.45) is 0 Å². The van der Waals surface area contributed by atoms with Crippen LogP contribution in [0.5, 0.6) is 0 Å². The number of aryl methyl sites for hydroxylation is 2. The summed E-state index contributed by atoms with van der Waals surface area (Å²) in [4.78, 5) is 0. The van der Waals surface area contributed by atoms with E-state index in [0.717, 1.165) is 23.7 Å². The van der Waals surface area contributed by atoms with E-state index in [1.54, 1.807) is 0 Å². The van der Waals surface area contributed by atoms with Crippen LogP contribution in [-0.2, 0) is 0 Å². The predicted octanol–water partition coefficient (Wildman–Crippen LogP) is 9.05. The number of hydrogen-bond donors (Lipinski definition) is 2. The van der Waals surface area contributed by atoms with Crippen LogP contribution in [0.25, 0.3) is 0 Å². The number of halogens is 1. The van der Waals surface area contributed by atoms with Crippen molar-refractivity contribution in [3.8, 4) is 0 Å². The van der Waals surface area contributed by atoms with Crippen molar-refractivity contribution in [2.45, 2.75) is 61.3 Å². The number of rotatable bonds is 7. The summed E-state index contributed by atoms with van der Waals surface area (Å²) in [6.07, 6.45) is 0. The normalized spacial score (nSPS) is 9.94. The predicted molar refractivity (Wildman–Crippen MR) is 146 cm³/mol. The molecule has 0 atom stereocenters. The number of hydrogen-bond acceptors (Lipinski definition) is 2. The van der Waals surface area contributed by atoms with E-state index >= 15 is 0 Å². The summed E-state index contributed by atoms with van der Waals surface area (Å²) < 4.78 is 0. The zero-order valence-corrected chi connectivity index (χ0v) is 21.9. The van der Waals surface area contributed by atoms with Gasteiger partial charge in [0.15, 0.2) is 0 Å². The molecule has 32 heavy (non-hydrogen) atoms. The van der Waals surface area contributed by atoms with Gasteiger partial charge in [-0.05, 0) is 73.7 Å². The third kappa shape index (κ3) is 7.03. The van der Waals surface area contributed by atoms with E-state index in [4.69, 9.17) is 11.6 Å². The van der Waals surface area contributed by atoms with Crippen LogP contribution in [0, 0.1) is 13.8 Å². The van der Waals surface area contributed by atoms with Gasteiger partial charge >= 0.3 is 0 Å². The van der Waals surface area contributed by atoms with Gasteiger partial charge in [0.25, 0.3) is 0 Å². The Morgan fingerprint density at radius 1 is 0.688 bits per heavy atom. The monoisotopic (exact) mass is 452 g/mol. The minimum absolute atomic E-state index is 0.0949. The highest BCUT2D eigenvalue weighted by Gasteiger charge is 2.20. The Labute approximate surface area is 201 Å². The Bertz CT molecular complexity index is 894. The molecule has 2 N–H and O–H groups in total. The SMILES string of the molecule is CC.CC.CCNc1ccc(C(c2ccc(NCC)c(C)c2)c2ccccc2Cl)cc1C. The van der Waals surface area contributed by atoms with E-state index in [9.17, 15) is 0 Å². The van der Waals surface area contributed by atoms with Crippen LogP contribution in [0.15, 0.2) is 60.7 Å². The van der Waals surface area contributed by atoms with E-state index < -0.39 is 0 Å². The van der Waals surface area contributed by atoms with Crippen LogP contribution in [0.2, 0.25) is 5.02 Å². The highest BCUT2D eigenvalue weighted by molar-refractivity contribution is 6.31. The smallest absolute Gasteiger partial charge is 0.0447 e. The lowest BCUT2D eigenvalue weighted by atomic mass is 9.83. The van der Waals surface area contributed by atoms with Crippen LogP contribution in [0.3, 0.4) is 0 Å². The maximum Gasteiger partial charge on any atom is 0.0447 e. The van der Waals surface area contributed by atoms with E-state index in [2.05, 4.69) is 86.9 Å². The molecule has 0 aromatic heterocycles. The summed E-state index contributed by atoms with van der Waals surface area (Å²) in [5.41, 5.74) is 8.50. The second-order valence-electron chi connectivity index (χ2n) is 7.16. The number of anilines is 2. The maximum absolute atomic E-state index is 6.64. The molecule has 0 unspecified atom stereocenters. The summed E-state index contributed by atoms with van der Waals surface area (Å²) >= 11 is 6.64. The molecule has 0 heterocycles. The van der Waals surface area contributed by atoms with Gasteiger partial charge in [-0.3, -0.25) is 0 Å². The molecule has 0 saturated carbocycles. The zero-order valence-electron chi connectivity index (χ0n) is 21.1. The Morgan fingerprint density at radius 2 is 1.12 bits per heavy atom. The fourth-order valence-corrected chi connectivity index (χ4v) is 4.02. The van der Waals surface area contributed by atoms with E-state index in [-0.39, 0.29) is 5.92 Å². The summed E-state index contributed by atoms with van der Waals surface area (Å²) in [6, 6.07) is 21.5.